The summed E-state index contributed by atoms with van der Waals surface area (Å²) in [5, 5.41) is 19.9. The summed E-state index contributed by atoms with van der Waals surface area (Å²) in [5.74, 6) is -0.145. The largest absolute Gasteiger partial charge is 0.394 e. The van der Waals surface area contributed by atoms with Gasteiger partial charge in [0.25, 0.3) is 5.91 Å². The number of aryl methyl sites for hydroxylation is 2. The van der Waals surface area contributed by atoms with Gasteiger partial charge in [-0.3, -0.25) is 4.79 Å². The minimum atomic E-state index is -0.650. The molecule has 0 saturated carbocycles. The van der Waals surface area contributed by atoms with Crippen LogP contribution in [0.2, 0.25) is 0 Å². The molecule has 6 nitrogen and oxygen atoms in total. The Morgan fingerprint density at radius 3 is 2.50 bits per heavy atom. The van der Waals surface area contributed by atoms with Gasteiger partial charge in [-0.1, -0.05) is 22.4 Å². The molecule has 1 aromatic heterocycles. The van der Waals surface area contributed by atoms with Crippen molar-refractivity contribution in [3.8, 4) is 0 Å². The topological polar surface area (TPSA) is 80.0 Å². The fourth-order valence-corrected chi connectivity index (χ4v) is 2.32. The Morgan fingerprint density at radius 1 is 1.27 bits per heavy atom. The molecule has 0 atom stereocenters. The average molecular weight is 302 g/mol. The van der Waals surface area contributed by atoms with E-state index in [4.69, 9.17) is 5.11 Å². The predicted molar refractivity (Wildman–Crippen MR) is 83.5 cm³/mol. The molecule has 0 aliphatic heterocycles. The molecule has 1 aromatic carbocycles. The van der Waals surface area contributed by atoms with E-state index in [1.807, 2.05) is 45.9 Å². The second-order valence-corrected chi connectivity index (χ2v) is 6.05. The number of hydrogen-bond acceptors (Lipinski definition) is 4. The molecular weight excluding hydrogens is 280 g/mol. The van der Waals surface area contributed by atoms with Crippen LogP contribution >= 0.6 is 0 Å². The van der Waals surface area contributed by atoms with Crippen LogP contribution < -0.4 is 5.32 Å². The average Bonchev–Trinajstić information content (AvgIpc) is 2.87. The highest BCUT2D eigenvalue weighted by Crippen LogP contribution is 2.18. The van der Waals surface area contributed by atoms with Crippen molar-refractivity contribution in [1.82, 2.24) is 20.3 Å². The summed E-state index contributed by atoms with van der Waals surface area (Å²) in [5.41, 5.74) is 2.74. The standard InChI is InChI=1S/C16H22N4O2/c1-11-7-12(2)9-13(8-11)15(22)17-16(3,4)14-10-20(5-6-21)19-18-14/h7-10,21H,5-6H2,1-4H3,(H,17,22). The van der Waals surface area contributed by atoms with E-state index in [9.17, 15) is 4.79 Å². The first-order chi connectivity index (χ1) is 10.3. The zero-order valence-electron chi connectivity index (χ0n) is 13.4. The van der Waals surface area contributed by atoms with Gasteiger partial charge in [0.15, 0.2) is 0 Å². The van der Waals surface area contributed by atoms with E-state index in [2.05, 4.69) is 15.6 Å². The highest BCUT2D eigenvalue weighted by molar-refractivity contribution is 5.95. The van der Waals surface area contributed by atoms with Crippen LogP contribution in [-0.2, 0) is 12.1 Å². The summed E-state index contributed by atoms with van der Waals surface area (Å²) in [7, 11) is 0. The van der Waals surface area contributed by atoms with E-state index in [0.717, 1.165) is 11.1 Å². The Hall–Kier alpha value is -2.21. The summed E-state index contributed by atoms with van der Waals surface area (Å²) >= 11 is 0. The molecule has 0 fully saturated rings. The maximum absolute atomic E-state index is 12.5. The van der Waals surface area contributed by atoms with E-state index >= 15 is 0 Å². The van der Waals surface area contributed by atoms with Crippen molar-refractivity contribution in [2.75, 3.05) is 6.61 Å². The van der Waals surface area contributed by atoms with Crippen molar-refractivity contribution in [2.24, 2.45) is 0 Å². The minimum absolute atomic E-state index is 0.00183. The number of aliphatic hydroxyl groups is 1. The summed E-state index contributed by atoms with van der Waals surface area (Å²) in [4.78, 5) is 12.5. The van der Waals surface area contributed by atoms with Crippen LogP contribution in [0.3, 0.4) is 0 Å². The minimum Gasteiger partial charge on any atom is -0.394 e. The monoisotopic (exact) mass is 302 g/mol. The molecule has 0 unspecified atom stereocenters. The van der Waals surface area contributed by atoms with Crippen molar-refractivity contribution in [3.05, 3.63) is 46.8 Å². The molecule has 118 valence electrons. The van der Waals surface area contributed by atoms with E-state index in [1.54, 1.807) is 10.9 Å². The number of nitrogens with zero attached hydrogens (tertiary/aromatic N) is 3. The quantitative estimate of drug-likeness (QED) is 0.878. The number of hydrogen-bond donors (Lipinski definition) is 2. The third-order valence-corrected chi connectivity index (χ3v) is 3.42. The zero-order valence-corrected chi connectivity index (χ0v) is 13.4. The lowest BCUT2D eigenvalue weighted by molar-refractivity contribution is 0.0910. The highest BCUT2D eigenvalue weighted by atomic mass is 16.3. The van der Waals surface area contributed by atoms with Crippen LogP contribution in [0.15, 0.2) is 24.4 Å². The molecule has 0 aliphatic rings. The number of aliphatic hydroxyl groups excluding tert-OH is 1. The van der Waals surface area contributed by atoms with Gasteiger partial charge >= 0.3 is 0 Å². The van der Waals surface area contributed by atoms with Crippen molar-refractivity contribution >= 4 is 5.91 Å². The number of amides is 1. The third-order valence-electron chi connectivity index (χ3n) is 3.42. The van der Waals surface area contributed by atoms with Crippen LogP contribution in [0.5, 0.6) is 0 Å². The fourth-order valence-electron chi connectivity index (χ4n) is 2.32. The van der Waals surface area contributed by atoms with Crippen molar-refractivity contribution < 1.29 is 9.90 Å². The molecule has 6 heteroatoms. The molecule has 2 rings (SSSR count). The number of carbonyl (C=O) groups excluding carboxylic acids is 1. The van der Waals surface area contributed by atoms with Gasteiger partial charge in [0.1, 0.15) is 5.69 Å². The van der Waals surface area contributed by atoms with Gasteiger partial charge in [-0.15, -0.1) is 5.10 Å². The predicted octanol–water partition coefficient (Wildman–Crippen LogP) is 1.55. The third kappa shape index (κ3) is 3.71. The van der Waals surface area contributed by atoms with Gasteiger partial charge in [-0.2, -0.15) is 0 Å². The molecule has 0 spiro atoms. The van der Waals surface area contributed by atoms with E-state index in [0.29, 0.717) is 17.8 Å². The Labute approximate surface area is 130 Å². The van der Waals surface area contributed by atoms with Crippen molar-refractivity contribution in [3.63, 3.8) is 0 Å². The Kier molecular flexibility index (Phi) is 4.61. The lowest BCUT2D eigenvalue weighted by Gasteiger charge is -2.24. The Morgan fingerprint density at radius 2 is 1.91 bits per heavy atom. The van der Waals surface area contributed by atoms with Gasteiger partial charge in [0.05, 0.1) is 24.9 Å². The molecule has 0 radical (unpaired) electrons. The molecule has 0 aliphatic carbocycles. The molecule has 2 aromatic rings. The zero-order chi connectivity index (χ0) is 16.3. The van der Waals surface area contributed by atoms with E-state index in [1.165, 1.54) is 0 Å². The van der Waals surface area contributed by atoms with Gasteiger partial charge in [0.2, 0.25) is 0 Å². The number of benzene rings is 1. The second-order valence-electron chi connectivity index (χ2n) is 6.05. The van der Waals surface area contributed by atoms with Gasteiger partial charge < -0.3 is 10.4 Å². The Balaban J connectivity index is 2.17. The summed E-state index contributed by atoms with van der Waals surface area (Å²) in [6.07, 6.45) is 1.73. The van der Waals surface area contributed by atoms with Crippen molar-refractivity contribution in [2.45, 2.75) is 39.8 Å². The first-order valence-electron chi connectivity index (χ1n) is 7.24. The van der Waals surface area contributed by atoms with E-state index < -0.39 is 5.54 Å². The van der Waals surface area contributed by atoms with Gasteiger partial charge in [-0.25, -0.2) is 4.68 Å². The second kappa shape index (κ2) is 6.27. The molecule has 1 heterocycles. The lowest BCUT2D eigenvalue weighted by Crippen LogP contribution is -2.41. The fraction of sp³-hybridized carbons (Fsp3) is 0.438. The SMILES string of the molecule is Cc1cc(C)cc(C(=O)NC(C)(C)c2cn(CCO)nn2)c1. The maximum atomic E-state index is 12.5. The molecular formula is C16H22N4O2. The first kappa shape index (κ1) is 16.2. The molecule has 0 saturated heterocycles. The van der Waals surface area contributed by atoms with Crippen LogP contribution in [0.4, 0.5) is 0 Å². The van der Waals surface area contributed by atoms with Crippen LogP contribution in [0.25, 0.3) is 0 Å². The number of carbonyl (C=O) groups is 1. The lowest BCUT2D eigenvalue weighted by atomic mass is 10.00. The highest BCUT2D eigenvalue weighted by Gasteiger charge is 2.27. The van der Waals surface area contributed by atoms with Crippen molar-refractivity contribution in [1.29, 1.82) is 0 Å². The summed E-state index contributed by atoms with van der Waals surface area (Å²) < 4.78 is 1.56. The smallest absolute Gasteiger partial charge is 0.252 e. The number of nitrogens with one attached hydrogen (secondary N) is 1. The molecule has 2 N–H and O–H groups in total. The number of aromatic nitrogens is 3. The summed E-state index contributed by atoms with van der Waals surface area (Å²) in [6.45, 7) is 8.07. The normalized spacial score (nSPS) is 11.5. The van der Waals surface area contributed by atoms with Gasteiger partial charge in [-0.05, 0) is 39.8 Å². The van der Waals surface area contributed by atoms with Gasteiger partial charge in [0, 0.05) is 5.56 Å². The maximum Gasteiger partial charge on any atom is 0.252 e. The molecule has 1 amide bonds. The van der Waals surface area contributed by atoms with Crippen LogP contribution in [0.1, 0.15) is 41.0 Å². The number of rotatable bonds is 5. The van der Waals surface area contributed by atoms with E-state index in [-0.39, 0.29) is 12.5 Å². The summed E-state index contributed by atoms with van der Waals surface area (Å²) in [6, 6.07) is 5.75. The van der Waals surface area contributed by atoms with Crippen LogP contribution in [-0.4, -0.2) is 32.6 Å². The molecule has 22 heavy (non-hydrogen) atoms. The Bertz CT molecular complexity index is 656. The van der Waals surface area contributed by atoms with Crippen LogP contribution in [0, 0.1) is 13.8 Å². The first-order valence-corrected chi connectivity index (χ1v) is 7.24. The molecule has 0 bridgehead atoms.